The SMILES string of the molecule is NC(=S)c1ccc(NC(=O)c2cc(Br)ccc2Br)c(F)c1. The van der Waals surface area contributed by atoms with E-state index in [1.54, 1.807) is 24.3 Å². The molecule has 3 nitrogen and oxygen atoms in total. The molecule has 2 aromatic rings. The molecule has 0 aromatic heterocycles. The number of hydrogen-bond donors (Lipinski definition) is 2. The van der Waals surface area contributed by atoms with Crippen molar-refractivity contribution in [3.63, 3.8) is 0 Å². The van der Waals surface area contributed by atoms with E-state index in [9.17, 15) is 9.18 Å². The summed E-state index contributed by atoms with van der Waals surface area (Å²) < 4.78 is 15.3. The van der Waals surface area contributed by atoms with Gasteiger partial charge >= 0.3 is 0 Å². The molecule has 2 aromatic carbocycles. The van der Waals surface area contributed by atoms with Gasteiger partial charge in [0.15, 0.2) is 0 Å². The Balaban J connectivity index is 2.27. The second-order valence-corrected chi connectivity index (χ2v) is 6.35. The van der Waals surface area contributed by atoms with Crippen molar-refractivity contribution in [2.75, 3.05) is 5.32 Å². The van der Waals surface area contributed by atoms with E-state index in [1.165, 1.54) is 12.1 Å². The van der Waals surface area contributed by atoms with E-state index in [4.69, 9.17) is 18.0 Å². The van der Waals surface area contributed by atoms with Crippen molar-refractivity contribution in [2.45, 2.75) is 0 Å². The Bertz CT molecular complexity index is 737. The molecule has 0 heterocycles. The average molecular weight is 432 g/mol. The van der Waals surface area contributed by atoms with E-state index in [2.05, 4.69) is 37.2 Å². The van der Waals surface area contributed by atoms with Gasteiger partial charge in [0.05, 0.1) is 11.3 Å². The van der Waals surface area contributed by atoms with E-state index in [0.717, 1.165) is 4.47 Å². The van der Waals surface area contributed by atoms with Crippen molar-refractivity contribution >= 4 is 60.7 Å². The Morgan fingerprint density at radius 2 is 1.90 bits per heavy atom. The molecule has 108 valence electrons. The minimum Gasteiger partial charge on any atom is -0.389 e. The fourth-order valence-corrected chi connectivity index (χ4v) is 2.55. The van der Waals surface area contributed by atoms with Gasteiger partial charge in [0, 0.05) is 14.5 Å². The van der Waals surface area contributed by atoms with Crippen LogP contribution in [0.3, 0.4) is 0 Å². The summed E-state index contributed by atoms with van der Waals surface area (Å²) in [6, 6.07) is 9.32. The second-order valence-electron chi connectivity index (χ2n) is 4.14. The molecule has 0 atom stereocenters. The smallest absolute Gasteiger partial charge is 0.256 e. The zero-order valence-electron chi connectivity index (χ0n) is 10.5. The Hall–Kier alpha value is -1.31. The summed E-state index contributed by atoms with van der Waals surface area (Å²) in [4.78, 5) is 12.3. The highest BCUT2D eigenvalue weighted by atomic mass is 79.9. The minimum atomic E-state index is -0.597. The molecule has 21 heavy (non-hydrogen) atoms. The van der Waals surface area contributed by atoms with Crippen LogP contribution < -0.4 is 11.1 Å². The first-order valence-electron chi connectivity index (χ1n) is 5.74. The van der Waals surface area contributed by atoms with Crippen molar-refractivity contribution in [1.82, 2.24) is 0 Å². The summed E-state index contributed by atoms with van der Waals surface area (Å²) in [6.07, 6.45) is 0. The Labute approximate surface area is 143 Å². The van der Waals surface area contributed by atoms with Crippen LogP contribution in [0.1, 0.15) is 15.9 Å². The van der Waals surface area contributed by atoms with Crippen LogP contribution in [0.25, 0.3) is 0 Å². The molecular weight excluding hydrogens is 423 g/mol. The zero-order chi connectivity index (χ0) is 15.6. The largest absolute Gasteiger partial charge is 0.389 e. The molecular formula is C14H9Br2FN2OS. The van der Waals surface area contributed by atoms with E-state index >= 15 is 0 Å². The summed E-state index contributed by atoms with van der Waals surface area (Å²) >= 11 is 11.3. The lowest BCUT2D eigenvalue weighted by atomic mass is 10.1. The van der Waals surface area contributed by atoms with Gasteiger partial charge in [-0.15, -0.1) is 0 Å². The van der Waals surface area contributed by atoms with Gasteiger partial charge in [0.1, 0.15) is 10.8 Å². The van der Waals surface area contributed by atoms with Crippen LogP contribution in [0.15, 0.2) is 45.3 Å². The van der Waals surface area contributed by atoms with Gasteiger partial charge in [0.25, 0.3) is 5.91 Å². The first-order valence-corrected chi connectivity index (χ1v) is 7.73. The number of carbonyl (C=O) groups is 1. The van der Waals surface area contributed by atoms with Crippen LogP contribution in [-0.4, -0.2) is 10.9 Å². The van der Waals surface area contributed by atoms with Gasteiger partial charge in [-0.2, -0.15) is 0 Å². The first-order chi connectivity index (χ1) is 9.88. The Morgan fingerprint density at radius 1 is 1.19 bits per heavy atom. The maximum atomic E-state index is 13.9. The van der Waals surface area contributed by atoms with Gasteiger partial charge in [-0.05, 0) is 52.3 Å². The molecule has 0 saturated carbocycles. The third-order valence-corrected chi connectivity index (χ3v) is 4.10. The second kappa shape index (κ2) is 6.64. The normalized spacial score (nSPS) is 10.2. The molecule has 7 heteroatoms. The van der Waals surface area contributed by atoms with E-state index in [1.807, 2.05) is 0 Å². The predicted octanol–water partition coefficient (Wildman–Crippen LogP) is 4.24. The van der Waals surface area contributed by atoms with Crippen molar-refractivity contribution in [3.8, 4) is 0 Å². The summed E-state index contributed by atoms with van der Waals surface area (Å²) in [7, 11) is 0. The number of benzene rings is 2. The van der Waals surface area contributed by atoms with Crippen molar-refractivity contribution < 1.29 is 9.18 Å². The first kappa shape index (κ1) is 16.1. The highest BCUT2D eigenvalue weighted by Gasteiger charge is 2.13. The van der Waals surface area contributed by atoms with Crippen molar-refractivity contribution in [2.24, 2.45) is 5.73 Å². The van der Waals surface area contributed by atoms with Crippen molar-refractivity contribution in [3.05, 3.63) is 62.3 Å². The number of halogens is 3. The van der Waals surface area contributed by atoms with Gasteiger partial charge in [-0.3, -0.25) is 4.79 Å². The van der Waals surface area contributed by atoms with Crippen LogP contribution in [0, 0.1) is 5.82 Å². The highest BCUT2D eigenvalue weighted by molar-refractivity contribution is 9.11. The van der Waals surface area contributed by atoms with Gasteiger partial charge < -0.3 is 11.1 Å². The maximum absolute atomic E-state index is 13.9. The van der Waals surface area contributed by atoms with Crippen LogP contribution in [-0.2, 0) is 0 Å². The lowest BCUT2D eigenvalue weighted by Crippen LogP contribution is -2.15. The molecule has 0 aliphatic carbocycles. The number of hydrogen-bond acceptors (Lipinski definition) is 2. The van der Waals surface area contributed by atoms with Crippen LogP contribution in [0.5, 0.6) is 0 Å². The lowest BCUT2D eigenvalue weighted by Gasteiger charge is -2.09. The number of carbonyl (C=O) groups excluding carboxylic acids is 1. The number of thiocarbonyl (C=S) groups is 1. The molecule has 0 bridgehead atoms. The highest BCUT2D eigenvalue weighted by Crippen LogP contribution is 2.23. The zero-order valence-corrected chi connectivity index (χ0v) is 14.5. The topological polar surface area (TPSA) is 55.1 Å². The fraction of sp³-hybridized carbons (Fsp3) is 0. The number of anilines is 1. The van der Waals surface area contributed by atoms with Gasteiger partial charge in [-0.1, -0.05) is 28.1 Å². The van der Waals surface area contributed by atoms with Crippen LogP contribution in [0.4, 0.5) is 10.1 Å². The molecule has 0 aliphatic rings. The summed E-state index contributed by atoms with van der Waals surface area (Å²) in [6.45, 7) is 0. The number of nitrogens with one attached hydrogen (secondary N) is 1. The number of nitrogens with two attached hydrogens (primary N) is 1. The fourth-order valence-electron chi connectivity index (χ4n) is 1.63. The van der Waals surface area contributed by atoms with Crippen LogP contribution >= 0.6 is 44.1 Å². The monoisotopic (exact) mass is 430 g/mol. The van der Waals surface area contributed by atoms with Crippen molar-refractivity contribution in [1.29, 1.82) is 0 Å². The minimum absolute atomic E-state index is 0.0619. The molecule has 2 rings (SSSR count). The van der Waals surface area contributed by atoms with Gasteiger partial charge in [0.2, 0.25) is 0 Å². The molecule has 0 unspecified atom stereocenters. The summed E-state index contributed by atoms with van der Waals surface area (Å²) in [5, 5.41) is 2.51. The third-order valence-electron chi connectivity index (χ3n) is 2.67. The Kier molecular flexibility index (Phi) is 5.08. The molecule has 0 spiro atoms. The Morgan fingerprint density at radius 3 is 2.52 bits per heavy atom. The predicted molar refractivity (Wildman–Crippen MR) is 92.1 cm³/mol. The maximum Gasteiger partial charge on any atom is 0.256 e. The molecule has 0 saturated heterocycles. The summed E-state index contributed by atoms with van der Waals surface area (Å²) in [5.41, 5.74) is 6.29. The number of amides is 1. The molecule has 3 N–H and O–H groups in total. The number of rotatable bonds is 3. The van der Waals surface area contributed by atoms with E-state index < -0.39 is 11.7 Å². The molecule has 0 aliphatic heterocycles. The average Bonchev–Trinajstić information content (AvgIpc) is 2.43. The molecule has 0 radical (unpaired) electrons. The van der Waals surface area contributed by atoms with E-state index in [0.29, 0.717) is 15.6 Å². The quantitative estimate of drug-likeness (QED) is 0.714. The summed E-state index contributed by atoms with van der Waals surface area (Å²) in [5.74, 6) is -1.02. The lowest BCUT2D eigenvalue weighted by molar-refractivity contribution is 0.102. The van der Waals surface area contributed by atoms with E-state index in [-0.39, 0.29) is 10.7 Å². The molecule has 1 amide bonds. The molecule has 0 fully saturated rings. The van der Waals surface area contributed by atoms with Gasteiger partial charge in [-0.25, -0.2) is 4.39 Å². The third kappa shape index (κ3) is 3.87. The van der Waals surface area contributed by atoms with Crippen LogP contribution in [0.2, 0.25) is 0 Å². The standard InChI is InChI=1S/C14H9Br2FN2OS/c15-8-2-3-10(16)9(6-8)14(20)19-12-4-1-7(13(18)21)5-11(12)17/h1-6H,(H2,18,21)(H,19,20).